The second-order valence-electron chi connectivity index (χ2n) is 5.41. The molecular formula is C18H18ClN3O3. The van der Waals surface area contributed by atoms with Crippen LogP contribution in [0.2, 0.25) is 5.02 Å². The van der Waals surface area contributed by atoms with Gasteiger partial charge in [-0.1, -0.05) is 17.7 Å². The van der Waals surface area contributed by atoms with Gasteiger partial charge in [0.1, 0.15) is 0 Å². The Morgan fingerprint density at radius 2 is 2.00 bits per heavy atom. The summed E-state index contributed by atoms with van der Waals surface area (Å²) >= 11 is 6.14. The number of benzene rings is 2. The second-order valence-corrected chi connectivity index (χ2v) is 5.82. The van der Waals surface area contributed by atoms with Crippen molar-refractivity contribution < 1.29 is 14.3 Å². The largest absolute Gasteiger partial charge is 0.493 e. The number of amides is 1. The number of hydrogen-bond donors (Lipinski definition) is 1. The molecule has 0 saturated heterocycles. The number of ether oxygens (including phenoxy) is 2. The summed E-state index contributed by atoms with van der Waals surface area (Å²) < 4.78 is 12.2. The summed E-state index contributed by atoms with van der Waals surface area (Å²) in [6.45, 7) is 0.461. The van der Waals surface area contributed by atoms with Crippen molar-refractivity contribution in [3.8, 4) is 11.5 Å². The predicted octanol–water partition coefficient (Wildman–Crippen LogP) is 3.74. The SMILES string of the molecule is COc1ccc(NC(=O)CCn2ncc3c(Cl)cccc32)cc1OC. The molecule has 3 aromatic rings. The molecule has 0 saturated carbocycles. The Morgan fingerprint density at radius 1 is 1.20 bits per heavy atom. The Kier molecular flexibility index (Phi) is 5.09. The van der Waals surface area contributed by atoms with Crippen LogP contribution in [0.25, 0.3) is 10.9 Å². The van der Waals surface area contributed by atoms with E-state index in [0.717, 1.165) is 10.9 Å². The van der Waals surface area contributed by atoms with E-state index in [4.69, 9.17) is 21.1 Å². The van der Waals surface area contributed by atoms with Gasteiger partial charge in [0.25, 0.3) is 0 Å². The summed E-state index contributed by atoms with van der Waals surface area (Å²) in [4.78, 5) is 12.2. The number of hydrogen-bond acceptors (Lipinski definition) is 4. The number of fused-ring (bicyclic) bond motifs is 1. The van der Waals surface area contributed by atoms with E-state index in [2.05, 4.69) is 10.4 Å². The highest BCUT2D eigenvalue weighted by molar-refractivity contribution is 6.35. The Bertz CT molecular complexity index is 908. The van der Waals surface area contributed by atoms with E-state index in [1.807, 2.05) is 18.2 Å². The fourth-order valence-electron chi connectivity index (χ4n) is 2.59. The quantitative estimate of drug-likeness (QED) is 0.728. The minimum atomic E-state index is -0.113. The van der Waals surface area contributed by atoms with Crippen molar-refractivity contribution in [2.75, 3.05) is 19.5 Å². The number of nitrogens with zero attached hydrogens (tertiary/aromatic N) is 2. The lowest BCUT2D eigenvalue weighted by atomic mass is 10.2. The van der Waals surface area contributed by atoms with Crippen molar-refractivity contribution in [3.05, 3.63) is 47.6 Å². The zero-order chi connectivity index (χ0) is 17.8. The highest BCUT2D eigenvalue weighted by atomic mass is 35.5. The van der Waals surface area contributed by atoms with Crippen molar-refractivity contribution in [1.29, 1.82) is 0 Å². The van der Waals surface area contributed by atoms with E-state index in [1.165, 1.54) is 0 Å². The van der Waals surface area contributed by atoms with Crippen molar-refractivity contribution in [2.45, 2.75) is 13.0 Å². The molecule has 2 aromatic carbocycles. The normalized spacial score (nSPS) is 10.7. The van der Waals surface area contributed by atoms with E-state index in [1.54, 1.807) is 43.3 Å². The van der Waals surface area contributed by atoms with E-state index in [9.17, 15) is 4.79 Å². The first-order valence-corrected chi connectivity index (χ1v) is 8.12. The molecule has 0 bridgehead atoms. The van der Waals surface area contributed by atoms with Crippen LogP contribution in [0, 0.1) is 0 Å². The maximum atomic E-state index is 12.2. The van der Waals surface area contributed by atoms with Crippen LogP contribution in [0.1, 0.15) is 6.42 Å². The first-order valence-electron chi connectivity index (χ1n) is 7.74. The smallest absolute Gasteiger partial charge is 0.226 e. The summed E-state index contributed by atoms with van der Waals surface area (Å²) in [5.74, 6) is 1.06. The Labute approximate surface area is 150 Å². The molecule has 0 radical (unpaired) electrons. The first-order chi connectivity index (χ1) is 12.1. The van der Waals surface area contributed by atoms with Crippen molar-refractivity contribution in [1.82, 2.24) is 9.78 Å². The Balaban J connectivity index is 1.66. The molecule has 3 rings (SSSR count). The van der Waals surface area contributed by atoms with Crippen LogP contribution in [-0.4, -0.2) is 29.9 Å². The average Bonchev–Trinajstić information content (AvgIpc) is 3.04. The van der Waals surface area contributed by atoms with Crippen LogP contribution in [0.5, 0.6) is 11.5 Å². The third-order valence-electron chi connectivity index (χ3n) is 3.85. The van der Waals surface area contributed by atoms with Crippen LogP contribution in [0.4, 0.5) is 5.69 Å². The van der Waals surface area contributed by atoms with E-state index >= 15 is 0 Å². The lowest BCUT2D eigenvalue weighted by Crippen LogP contribution is -2.15. The van der Waals surface area contributed by atoms with E-state index < -0.39 is 0 Å². The molecule has 0 unspecified atom stereocenters. The van der Waals surface area contributed by atoms with Crippen molar-refractivity contribution in [2.24, 2.45) is 0 Å². The van der Waals surface area contributed by atoms with E-state index in [0.29, 0.717) is 28.8 Å². The number of halogens is 1. The molecule has 0 fully saturated rings. The number of nitrogens with one attached hydrogen (secondary N) is 1. The molecule has 0 aliphatic carbocycles. The second kappa shape index (κ2) is 7.44. The first kappa shape index (κ1) is 17.1. The fourth-order valence-corrected chi connectivity index (χ4v) is 2.81. The third-order valence-corrected chi connectivity index (χ3v) is 4.18. The minimum Gasteiger partial charge on any atom is -0.493 e. The van der Waals surface area contributed by atoms with Gasteiger partial charge in [0.2, 0.25) is 5.91 Å². The Hall–Kier alpha value is -2.73. The van der Waals surface area contributed by atoms with Gasteiger partial charge in [0.05, 0.1) is 37.5 Å². The molecule has 1 amide bonds. The summed E-state index contributed by atoms with van der Waals surface area (Å²) in [6, 6.07) is 10.9. The van der Waals surface area contributed by atoms with Crippen LogP contribution in [0.15, 0.2) is 42.6 Å². The highest BCUT2D eigenvalue weighted by Gasteiger charge is 2.10. The molecule has 1 heterocycles. The molecule has 0 aliphatic heterocycles. The highest BCUT2D eigenvalue weighted by Crippen LogP contribution is 2.29. The zero-order valence-corrected chi connectivity index (χ0v) is 14.7. The van der Waals surface area contributed by atoms with Gasteiger partial charge < -0.3 is 14.8 Å². The molecule has 1 N–H and O–H groups in total. The molecule has 6 nitrogen and oxygen atoms in total. The molecule has 0 spiro atoms. The monoisotopic (exact) mass is 359 g/mol. The van der Waals surface area contributed by atoms with Crippen LogP contribution < -0.4 is 14.8 Å². The topological polar surface area (TPSA) is 65.4 Å². The number of aryl methyl sites for hydroxylation is 1. The molecule has 25 heavy (non-hydrogen) atoms. The molecule has 0 atom stereocenters. The molecule has 0 aliphatic rings. The van der Waals surface area contributed by atoms with Gasteiger partial charge in [-0.3, -0.25) is 9.48 Å². The van der Waals surface area contributed by atoms with Crippen molar-refractivity contribution in [3.63, 3.8) is 0 Å². The van der Waals surface area contributed by atoms with Gasteiger partial charge in [-0.2, -0.15) is 5.10 Å². The van der Waals surface area contributed by atoms with E-state index in [-0.39, 0.29) is 12.3 Å². The van der Waals surface area contributed by atoms with Gasteiger partial charge in [-0.05, 0) is 24.3 Å². The maximum Gasteiger partial charge on any atom is 0.226 e. The summed E-state index contributed by atoms with van der Waals surface area (Å²) in [7, 11) is 3.12. The standard InChI is InChI=1S/C18H18ClN3O3/c1-24-16-7-6-12(10-17(16)25-2)21-18(23)8-9-22-15-5-3-4-14(19)13(15)11-20-22/h3-7,10-11H,8-9H2,1-2H3,(H,21,23). The maximum absolute atomic E-state index is 12.2. The van der Waals surface area contributed by atoms with Gasteiger partial charge in [0.15, 0.2) is 11.5 Å². The minimum absolute atomic E-state index is 0.113. The number of aromatic nitrogens is 2. The fraction of sp³-hybridized carbons (Fsp3) is 0.222. The average molecular weight is 360 g/mol. The van der Waals surface area contributed by atoms with Crippen LogP contribution in [-0.2, 0) is 11.3 Å². The van der Waals surface area contributed by atoms with Crippen LogP contribution in [0.3, 0.4) is 0 Å². The molecular weight excluding hydrogens is 342 g/mol. The number of rotatable bonds is 6. The van der Waals surface area contributed by atoms with Gasteiger partial charge in [0, 0.05) is 23.6 Å². The predicted molar refractivity (Wildman–Crippen MR) is 97.5 cm³/mol. The molecule has 1 aromatic heterocycles. The zero-order valence-electron chi connectivity index (χ0n) is 14.0. The molecule has 130 valence electrons. The lowest BCUT2D eigenvalue weighted by Gasteiger charge is -2.10. The summed E-state index contributed by atoms with van der Waals surface area (Å²) in [5.41, 5.74) is 1.56. The number of methoxy groups -OCH3 is 2. The number of carbonyl (C=O) groups is 1. The molecule has 7 heteroatoms. The van der Waals surface area contributed by atoms with Crippen molar-refractivity contribution >= 4 is 34.1 Å². The third kappa shape index (κ3) is 3.69. The summed E-state index contributed by atoms with van der Waals surface area (Å²) in [5, 5.41) is 8.68. The Morgan fingerprint density at radius 3 is 2.76 bits per heavy atom. The van der Waals surface area contributed by atoms with Gasteiger partial charge in [-0.25, -0.2) is 0 Å². The number of carbonyl (C=O) groups excluding carboxylic acids is 1. The van der Waals surface area contributed by atoms with Gasteiger partial charge in [-0.15, -0.1) is 0 Å². The summed E-state index contributed by atoms with van der Waals surface area (Å²) in [6.07, 6.45) is 2.00. The van der Waals surface area contributed by atoms with Gasteiger partial charge >= 0.3 is 0 Å². The van der Waals surface area contributed by atoms with Crippen LogP contribution >= 0.6 is 11.6 Å². The lowest BCUT2D eigenvalue weighted by molar-refractivity contribution is -0.116. The number of anilines is 1.